The summed E-state index contributed by atoms with van der Waals surface area (Å²) >= 11 is 0. The van der Waals surface area contributed by atoms with Gasteiger partial charge in [0, 0.05) is 11.1 Å². The molecule has 0 atom stereocenters. The molecule has 4 aromatic rings. The fourth-order valence-corrected chi connectivity index (χ4v) is 4.41. The minimum atomic E-state index is -5.05. The van der Waals surface area contributed by atoms with Crippen molar-refractivity contribution in [2.24, 2.45) is 0 Å². The Morgan fingerprint density at radius 3 is 2.22 bits per heavy atom. The van der Waals surface area contributed by atoms with E-state index in [0.29, 0.717) is 35.4 Å². The highest BCUT2D eigenvalue weighted by atomic mass is 19.4. The molecule has 0 unspecified atom stereocenters. The first-order valence-corrected chi connectivity index (χ1v) is 11.1. The molecule has 0 saturated heterocycles. The molecule has 8 nitrogen and oxygen atoms in total. The van der Waals surface area contributed by atoms with Gasteiger partial charge in [0.25, 0.3) is 0 Å². The maximum Gasteiger partial charge on any atom is 0.471 e. The maximum absolute atomic E-state index is 12.7. The van der Waals surface area contributed by atoms with Crippen LogP contribution in [0.3, 0.4) is 0 Å². The monoisotopic (exact) mass is 495 g/mol. The number of fused-ring (bicyclic) bond motifs is 1. The van der Waals surface area contributed by atoms with Crippen molar-refractivity contribution >= 4 is 23.5 Å². The number of nitrogens with zero attached hydrogens (tertiary/aromatic N) is 3. The van der Waals surface area contributed by atoms with Gasteiger partial charge >= 0.3 is 18.2 Å². The number of anilines is 1. The van der Waals surface area contributed by atoms with E-state index in [1.165, 1.54) is 16.6 Å². The third kappa shape index (κ3) is 4.23. The summed E-state index contributed by atoms with van der Waals surface area (Å²) in [4.78, 5) is 27.4. The van der Waals surface area contributed by atoms with Crippen LogP contribution in [0.5, 0.6) is 0 Å². The van der Waals surface area contributed by atoms with E-state index in [1.54, 1.807) is 5.32 Å². The molecule has 5 rings (SSSR count). The molecular weight excluding hydrogens is 475 g/mol. The Balaban J connectivity index is 1.59. The Morgan fingerprint density at radius 1 is 0.944 bits per heavy atom. The second kappa shape index (κ2) is 8.67. The van der Waals surface area contributed by atoms with Crippen LogP contribution in [0, 0.1) is 0 Å². The van der Waals surface area contributed by atoms with Gasteiger partial charge in [0.1, 0.15) is 5.69 Å². The molecule has 0 aliphatic heterocycles. The van der Waals surface area contributed by atoms with Crippen LogP contribution in [0.1, 0.15) is 24.8 Å². The third-order valence-electron chi connectivity index (χ3n) is 6.29. The number of hydrogen-bond acceptors (Lipinski definition) is 4. The predicted octanol–water partition coefficient (Wildman–Crippen LogP) is 5.21. The van der Waals surface area contributed by atoms with Crippen LogP contribution < -0.4 is 10.6 Å². The maximum atomic E-state index is 12.7. The number of nitrogens with one attached hydrogen (secondary N) is 2. The second-order valence-corrected chi connectivity index (χ2v) is 8.56. The minimum Gasteiger partial charge on any atom is -0.465 e. The molecule has 2 amide bonds. The quantitative estimate of drug-likeness (QED) is 0.352. The van der Waals surface area contributed by atoms with Gasteiger partial charge in [-0.2, -0.15) is 13.2 Å². The molecular formula is C25H20F3N5O3. The number of carbonyl (C=O) groups excluding carboxylic acids is 1. The van der Waals surface area contributed by atoms with E-state index in [4.69, 9.17) is 0 Å². The fourth-order valence-electron chi connectivity index (χ4n) is 4.41. The van der Waals surface area contributed by atoms with Crippen molar-refractivity contribution in [2.75, 3.05) is 5.32 Å². The van der Waals surface area contributed by atoms with Crippen molar-refractivity contribution < 1.29 is 27.9 Å². The molecule has 0 bridgehead atoms. The molecule has 3 N–H and O–H groups in total. The first-order chi connectivity index (χ1) is 17.2. The molecule has 1 aliphatic carbocycles. The van der Waals surface area contributed by atoms with E-state index < -0.39 is 23.7 Å². The lowest BCUT2D eigenvalue weighted by atomic mass is 9.72. The summed E-state index contributed by atoms with van der Waals surface area (Å²) in [5.41, 5.74) is 3.12. The zero-order valence-electron chi connectivity index (χ0n) is 18.7. The average Bonchev–Trinajstić information content (AvgIpc) is 3.20. The number of halogens is 3. The fraction of sp³-hybridized carbons (Fsp3) is 0.200. The Kier molecular flexibility index (Phi) is 5.62. The number of aromatic nitrogens is 3. The van der Waals surface area contributed by atoms with Gasteiger partial charge in [0.2, 0.25) is 0 Å². The van der Waals surface area contributed by atoms with Gasteiger partial charge < -0.3 is 15.7 Å². The van der Waals surface area contributed by atoms with Gasteiger partial charge in [-0.25, -0.2) is 14.3 Å². The second-order valence-electron chi connectivity index (χ2n) is 8.56. The number of alkyl halides is 3. The lowest BCUT2D eigenvalue weighted by Crippen LogP contribution is -2.50. The standard InChI is InChI=1S/C25H20F3N5O3/c26-25(27,28)22(34)29-18-11-12-19-30-20(21(33(19)32-18)16-5-2-1-3-6-16)15-7-9-17(10-8-15)24(13-4-14-24)31-23(35)36/h1-3,5-12,31H,4,13-14H2,(H,35,36)(H,29,32,34). The summed E-state index contributed by atoms with van der Waals surface area (Å²) in [6.45, 7) is 0. The van der Waals surface area contributed by atoms with E-state index in [2.05, 4.69) is 15.4 Å². The molecule has 1 aliphatic rings. The van der Waals surface area contributed by atoms with Crippen LogP contribution in [-0.4, -0.2) is 37.9 Å². The number of amides is 2. The molecule has 1 fully saturated rings. The normalized spacial score (nSPS) is 14.8. The Labute approximate surface area is 202 Å². The largest absolute Gasteiger partial charge is 0.471 e. The average molecular weight is 495 g/mol. The van der Waals surface area contributed by atoms with Gasteiger partial charge in [-0.05, 0) is 37.0 Å². The van der Waals surface area contributed by atoms with Crippen LogP contribution in [0.15, 0.2) is 66.7 Å². The van der Waals surface area contributed by atoms with Gasteiger partial charge in [-0.3, -0.25) is 4.79 Å². The number of imidazole rings is 1. The van der Waals surface area contributed by atoms with Crippen molar-refractivity contribution in [3.63, 3.8) is 0 Å². The van der Waals surface area contributed by atoms with Gasteiger partial charge in [-0.15, -0.1) is 5.10 Å². The zero-order chi connectivity index (χ0) is 25.5. The van der Waals surface area contributed by atoms with Crippen LogP contribution >= 0.6 is 0 Å². The van der Waals surface area contributed by atoms with E-state index in [0.717, 1.165) is 17.5 Å². The van der Waals surface area contributed by atoms with Gasteiger partial charge in [0.15, 0.2) is 11.5 Å². The van der Waals surface area contributed by atoms with Crippen molar-refractivity contribution in [1.29, 1.82) is 0 Å². The number of carboxylic acid groups (broad SMARTS) is 1. The highest BCUT2D eigenvalue weighted by Gasteiger charge is 2.40. The van der Waals surface area contributed by atoms with Crippen molar-refractivity contribution in [2.45, 2.75) is 31.0 Å². The highest BCUT2D eigenvalue weighted by Crippen LogP contribution is 2.42. The molecule has 2 heterocycles. The molecule has 11 heteroatoms. The molecule has 0 spiro atoms. The number of carbonyl (C=O) groups is 2. The van der Waals surface area contributed by atoms with Crippen molar-refractivity contribution in [3.8, 4) is 22.5 Å². The van der Waals surface area contributed by atoms with Gasteiger partial charge in [-0.1, -0.05) is 54.6 Å². The minimum absolute atomic E-state index is 0.270. The Bertz CT molecular complexity index is 1450. The molecule has 2 aromatic heterocycles. The third-order valence-corrected chi connectivity index (χ3v) is 6.29. The lowest BCUT2D eigenvalue weighted by molar-refractivity contribution is -0.167. The molecule has 2 aromatic carbocycles. The van der Waals surface area contributed by atoms with E-state index >= 15 is 0 Å². The summed E-state index contributed by atoms with van der Waals surface area (Å²) in [5, 5.41) is 17.9. The summed E-state index contributed by atoms with van der Waals surface area (Å²) in [7, 11) is 0. The van der Waals surface area contributed by atoms with Crippen LogP contribution in [0.2, 0.25) is 0 Å². The van der Waals surface area contributed by atoms with Gasteiger partial charge in [0.05, 0.1) is 11.2 Å². The molecule has 184 valence electrons. The van der Waals surface area contributed by atoms with E-state index in [-0.39, 0.29) is 5.82 Å². The van der Waals surface area contributed by atoms with E-state index in [9.17, 15) is 27.9 Å². The van der Waals surface area contributed by atoms with Crippen molar-refractivity contribution in [1.82, 2.24) is 19.9 Å². The predicted molar refractivity (Wildman–Crippen MR) is 125 cm³/mol. The first kappa shape index (κ1) is 23.3. The van der Waals surface area contributed by atoms with E-state index in [1.807, 2.05) is 54.6 Å². The smallest absolute Gasteiger partial charge is 0.465 e. The molecule has 1 saturated carbocycles. The summed E-state index contributed by atoms with van der Waals surface area (Å²) in [6, 6.07) is 19.2. The number of benzene rings is 2. The zero-order valence-corrected chi connectivity index (χ0v) is 18.7. The first-order valence-electron chi connectivity index (χ1n) is 11.1. The molecule has 36 heavy (non-hydrogen) atoms. The topological polar surface area (TPSA) is 109 Å². The SMILES string of the molecule is O=C(O)NC1(c2ccc(-c3nc4ccc(NC(=O)C(F)(F)F)nn4c3-c3ccccc3)cc2)CCC1. The molecule has 0 radical (unpaired) electrons. The number of rotatable bonds is 5. The lowest BCUT2D eigenvalue weighted by Gasteiger charge is -2.42. The van der Waals surface area contributed by atoms with Crippen LogP contribution in [-0.2, 0) is 10.3 Å². The van der Waals surface area contributed by atoms with Crippen molar-refractivity contribution in [3.05, 3.63) is 72.3 Å². The Hall–Kier alpha value is -4.41. The van der Waals surface area contributed by atoms with Crippen LogP contribution in [0.25, 0.3) is 28.2 Å². The summed E-state index contributed by atoms with van der Waals surface area (Å²) in [5.74, 6) is -2.39. The Morgan fingerprint density at radius 2 is 1.64 bits per heavy atom. The summed E-state index contributed by atoms with van der Waals surface area (Å²) in [6.07, 6.45) is -3.79. The highest BCUT2D eigenvalue weighted by molar-refractivity contribution is 5.94. The summed E-state index contributed by atoms with van der Waals surface area (Å²) < 4.78 is 39.6. The van der Waals surface area contributed by atoms with Crippen LogP contribution in [0.4, 0.5) is 23.8 Å². The number of hydrogen-bond donors (Lipinski definition) is 3.